The molecule has 1 rings (SSSR count). The second-order valence-electron chi connectivity index (χ2n) is 3.37. The predicted molar refractivity (Wildman–Crippen MR) is 59.1 cm³/mol. The van der Waals surface area contributed by atoms with Gasteiger partial charge in [0.1, 0.15) is 23.6 Å². The summed E-state index contributed by atoms with van der Waals surface area (Å²) in [5, 5.41) is 17.7. The van der Waals surface area contributed by atoms with Gasteiger partial charge in [0.15, 0.2) is 0 Å². The molecule has 0 saturated carbocycles. The number of nitriles is 1. The van der Waals surface area contributed by atoms with Crippen LogP contribution in [0.4, 0.5) is 5.82 Å². The average molecular weight is 219 g/mol. The van der Waals surface area contributed by atoms with E-state index < -0.39 is 12.0 Å². The molecule has 1 heterocycles. The molecule has 0 fully saturated rings. The highest BCUT2D eigenvalue weighted by Crippen LogP contribution is 2.14. The smallest absolute Gasteiger partial charge is 0.326 e. The molecule has 0 bridgehead atoms. The van der Waals surface area contributed by atoms with E-state index >= 15 is 0 Å². The Morgan fingerprint density at radius 3 is 2.88 bits per heavy atom. The topological polar surface area (TPSA) is 77.2 Å². The van der Waals surface area contributed by atoms with Crippen molar-refractivity contribution in [2.45, 2.75) is 19.4 Å². The molecule has 1 aromatic heterocycles. The van der Waals surface area contributed by atoms with Crippen LogP contribution in [0.15, 0.2) is 18.2 Å². The molecule has 0 aliphatic carbocycles. The van der Waals surface area contributed by atoms with Gasteiger partial charge in [0.25, 0.3) is 0 Å². The van der Waals surface area contributed by atoms with E-state index in [1.807, 2.05) is 6.07 Å². The number of anilines is 1. The highest BCUT2D eigenvalue weighted by molar-refractivity contribution is 5.77. The average Bonchev–Trinajstić information content (AvgIpc) is 2.29. The van der Waals surface area contributed by atoms with Gasteiger partial charge >= 0.3 is 5.97 Å². The highest BCUT2D eigenvalue weighted by atomic mass is 16.4. The number of aliphatic carboxylic acids is 1. The highest BCUT2D eigenvalue weighted by Gasteiger charge is 2.21. The van der Waals surface area contributed by atoms with Gasteiger partial charge < -0.3 is 10.0 Å². The molecule has 1 aromatic rings. The SMILES string of the molecule is CCC(C(=O)O)N(C)c1cccc(C#N)n1. The molecule has 0 saturated heterocycles. The van der Waals surface area contributed by atoms with Crippen molar-refractivity contribution in [3.63, 3.8) is 0 Å². The molecule has 0 aliphatic rings. The van der Waals surface area contributed by atoms with Crippen molar-refractivity contribution < 1.29 is 9.90 Å². The first-order chi connectivity index (χ1) is 7.60. The minimum absolute atomic E-state index is 0.282. The molecule has 84 valence electrons. The van der Waals surface area contributed by atoms with Crippen molar-refractivity contribution in [1.82, 2.24) is 4.98 Å². The standard InChI is InChI=1S/C11H13N3O2/c1-3-9(11(15)16)14(2)10-6-4-5-8(7-12)13-10/h4-6,9H,3H2,1-2H3,(H,15,16). The summed E-state index contributed by atoms with van der Waals surface area (Å²) in [6.07, 6.45) is 0.476. The summed E-state index contributed by atoms with van der Waals surface area (Å²) in [6, 6.07) is 6.26. The fourth-order valence-electron chi connectivity index (χ4n) is 1.46. The summed E-state index contributed by atoms with van der Waals surface area (Å²) in [7, 11) is 1.66. The summed E-state index contributed by atoms with van der Waals surface area (Å²) in [5.74, 6) is -0.400. The molecule has 0 aliphatic heterocycles. The quantitative estimate of drug-likeness (QED) is 0.824. The molecule has 1 unspecified atom stereocenters. The van der Waals surface area contributed by atoms with Crippen LogP contribution in [0, 0.1) is 11.3 Å². The first kappa shape index (κ1) is 12.0. The lowest BCUT2D eigenvalue weighted by Gasteiger charge is -2.24. The third kappa shape index (κ3) is 2.48. The van der Waals surface area contributed by atoms with E-state index in [9.17, 15) is 4.79 Å². The van der Waals surface area contributed by atoms with Gasteiger partial charge in [-0.3, -0.25) is 0 Å². The Morgan fingerprint density at radius 1 is 1.69 bits per heavy atom. The molecule has 5 nitrogen and oxygen atoms in total. The maximum atomic E-state index is 11.0. The normalized spacial score (nSPS) is 11.6. The molecule has 1 N–H and O–H groups in total. The van der Waals surface area contributed by atoms with Gasteiger partial charge in [-0.05, 0) is 18.6 Å². The molecule has 5 heteroatoms. The van der Waals surface area contributed by atoms with Crippen LogP contribution in [-0.2, 0) is 4.79 Å². The number of hydrogen-bond donors (Lipinski definition) is 1. The van der Waals surface area contributed by atoms with Crippen LogP contribution in [0.3, 0.4) is 0 Å². The zero-order valence-electron chi connectivity index (χ0n) is 9.21. The molecule has 16 heavy (non-hydrogen) atoms. The number of carboxylic acids is 1. The Hall–Kier alpha value is -2.09. The zero-order valence-corrected chi connectivity index (χ0v) is 9.21. The lowest BCUT2D eigenvalue weighted by atomic mass is 10.2. The van der Waals surface area contributed by atoms with E-state index in [1.165, 1.54) is 0 Å². The first-order valence-corrected chi connectivity index (χ1v) is 4.93. The van der Waals surface area contributed by atoms with E-state index in [2.05, 4.69) is 4.98 Å². The monoisotopic (exact) mass is 219 g/mol. The lowest BCUT2D eigenvalue weighted by molar-refractivity contribution is -0.138. The minimum Gasteiger partial charge on any atom is -0.480 e. The fraction of sp³-hybridized carbons (Fsp3) is 0.364. The summed E-state index contributed by atoms with van der Waals surface area (Å²) >= 11 is 0. The van der Waals surface area contributed by atoms with Gasteiger partial charge in [0, 0.05) is 7.05 Å². The number of hydrogen-bond acceptors (Lipinski definition) is 4. The number of carbonyl (C=O) groups is 1. The molecule has 0 spiro atoms. The van der Waals surface area contributed by atoms with E-state index in [0.29, 0.717) is 12.2 Å². The van der Waals surface area contributed by atoms with Crippen molar-refractivity contribution in [2.24, 2.45) is 0 Å². The van der Waals surface area contributed by atoms with E-state index in [1.54, 1.807) is 37.1 Å². The molecule has 0 radical (unpaired) electrons. The van der Waals surface area contributed by atoms with Crippen LogP contribution in [0.5, 0.6) is 0 Å². The number of aromatic nitrogens is 1. The minimum atomic E-state index is -0.894. The number of pyridine rings is 1. The van der Waals surface area contributed by atoms with E-state index in [0.717, 1.165) is 0 Å². The fourth-order valence-corrected chi connectivity index (χ4v) is 1.46. The molecular formula is C11H13N3O2. The van der Waals surface area contributed by atoms with E-state index in [-0.39, 0.29) is 5.69 Å². The number of rotatable bonds is 4. The van der Waals surface area contributed by atoms with Crippen molar-refractivity contribution in [1.29, 1.82) is 5.26 Å². The molecular weight excluding hydrogens is 206 g/mol. The molecule has 1 atom stereocenters. The summed E-state index contributed by atoms with van der Waals surface area (Å²) in [4.78, 5) is 16.6. The number of likely N-dealkylation sites (N-methyl/N-ethyl adjacent to an activating group) is 1. The van der Waals surface area contributed by atoms with Gasteiger partial charge in [-0.15, -0.1) is 0 Å². The Morgan fingerprint density at radius 2 is 2.38 bits per heavy atom. The summed E-state index contributed by atoms with van der Waals surface area (Å²) < 4.78 is 0. The maximum absolute atomic E-state index is 11.0. The maximum Gasteiger partial charge on any atom is 0.326 e. The summed E-state index contributed by atoms with van der Waals surface area (Å²) in [5.41, 5.74) is 0.282. The van der Waals surface area contributed by atoms with Crippen molar-refractivity contribution >= 4 is 11.8 Å². The van der Waals surface area contributed by atoms with Gasteiger partial charge in [0.05, 0.1) is 0 Å². The third-order valence-electron chi connectivity index (χ3n) is 2.35. The number of nitrogens with zero attached hydrogens (tertiary/aromatic N) is 3. The Balaban J connectivity index is 2.99. The van der Waals surface area contributed by atoms with Crippen LogP contribution in [0.25, 0.3) is 0 Å². The number of carboxylic acid groups (broad SMARTS) is 1. The second kappa shape index (κ2) is 5.12. The van der Waals surface area contributed by atoms with Crippen LogP contribution in [0.2, 0.25) is 0 Å². The van der Waals surface area contributed by atoms with Crippen LogP contribution < -0.4 is 4.90 Å². The van der Waals surface area contributed by atoms with Crippen molar-refractivity contribution in [3.05, 3.63) is 23.9 Å². The summed E-state index contributed by atoms with van der Waals surface area (Å²) in [6.45, 7) is 1.80. The Kier molecular flexibility index (Phi) is 3.84. The lowest BCUT2D eigenvalue weighted by Crippen LogP contribution is -2.38. The second-order valence-corrected chi connectivity index (χ2v) is 3.37. The Bertz CT molecular complexity index is 425. The van der Waals surface area contributed by atoms with Crippen LogP contribution >= 0.6 is 0 Å². The van der Waals surface area contributed by atoms with Crippen LogP contribution in [-0.4, -0.2) is 29.1 Å². The van der Waals surface area contributed by atoms with Gasteiger partial charge in [-0.1, -0.05) is 13.0 Å². The largest absolute Gasteiger partial charge is 0.480 e. The molecule has 0 aromatic carbocycles. The van der Waals surface area contributed by atoms with Crippen LogP contribution in [0.1, 0.15) is 19.0 Å². The van der Waals surface area contributed by atoms with Crippen molar-refractivity contribution in [3.8, 4) is 6.07 Å². The van der Waals surface area contributed by atoms with Gasteiger partial charge in [0.2, 0.25) is 0 Å². The van der Waals surface area contributed by atoms with Gasteiger partial charge in [-0.2, -0.15) is 5.26 Å². The predicted octanol–water partition coefficient (Wildman–Crippen LogP) is 1.25. The van der Waals surface area contributed by atoms with Crippen molar-refractivity contribution in [2.75, 3.05) is 11.9 Å². The molecule has 0 amide bonds. The van der Waals surface area contributed by atoms with E-state index in [4.69, 9.17) is 10.4 Å². The Labute approximate surface area is 93.9 Å². The first-order valence-electron chi connectivity index (χ1n) is 4.93. The zero-order chi connectivity index (χ0) is 12.1. The third-order valence-corrected chi connectivity index (χ3v) is 2.35. The van der Waals surface area contributed by atoms with Gasteiger partial charge in [-0.25, -0.2) is 9.78 Å².